The molecule has 1 unspecified atom stereocenters. The number of aliphatic hydroxyl groups excluding tert-OH is 1. The Kier molecular flexibility index (Phi) is 3.86. The van der Waals surface area contributed by atoms with Crippen molar-refractivity contribution in [3.8, 4) is 5.75 Å². The number of methoxy groups -OCH3 is 1. The van der Waals surface area contributed by atoms with Crippen LogP contribution >= 0.6 is 0 Å². The third-order valence-electron chi connectivity index (χ3n) is 3.05. The van der Waals surface area contributed by atoms with Crippen molar-refractivity contribution in [1.82, 2.24) is 0 Å². The predicted octanol–water partition coefficient (Wildman–Crippen LogP) is 3.53. The Hall–Kier alpha value is -1.87. The summed E-state index contributed by atoms with van der Waals surface area (Å²) in [6.07, 6.45) is -0.784. The standard InChI is InChI=1S/C16H17FO2/c1-10-6-11(2)8-13(7-10)16(18)12-4-5-14(17)15(9-12)19-3/h4-9,16,18H,1-3H3. The molecule has 0 saturated carbocycles. The minimum atomic E-state index is -0.784. The maximum absolute atomic E-state index is 13.4. The third-order valence-corrected chi connectivity index (χ3v) is 3.05. The van der Waals surface area contributed by atoms with Gasteiger partial charge in [-0.2, -0.15) is 0 Å². The van der Waals surface area contributed by atoms with E-state index < -0.39 is 11.9 Å². The van der Waals surface area contributed by atoms with E-state index in [1.807, 2.05) is 32.0 Å². The second-order valence-electron chi connectivity index (χ2n) is 4.72. The predicted molar refractivity (Wildman–Crippen MR) is 72.9 cm³/mol. The topological polar surface area (TPSA) is 29.5 Å². The molecule has 2 nitrogen and oxygen atoms in total. The van der Waals surface area contributed by atoms with Gasteiger partial charge >= 0.3 is 0 Å². The van der Waals surface area contributed by atoms with E-state index in [4.69, 9.17) is 4.74 Å². The van der Waals surface area contributed by atoms with E-state index in [0.717, 1.165) is 16.7 Å². The average Bonchev–Trinajstić information content (AvgIpc) is 2.37. The lowest BCUT2D eigenvalue weighted by atomic mass is 9.98. The minimum absolute atomic E-state index is 0.140. The Labute approximate surface area is 112 Å². The Morgan fingerprint density at radius 2 is 1.63 bits per heavy atom. The zero-order chi connectivity index (χ0) is 14.0. The fourth-order valence-corrected chi connectivity index (χ4v) is 2.21. The van der Waals surface area contributed by atoms with Crippen LogP contribution in [0.4, 0.5) is 4.39 Å². The van der Waals surface area contributed by atoms with Crippen LogP contribution in [0.25, 0.3) is 0 Å². The molecule has 0 fully saturated rings. The highest BCUT2D eigenvalue weighted by atomic mass is 19.1. The maximum Gasteiger partial charge on any atom is 0.165 e. The van der Waals surface area contributed by atoms with Gasteiger partial charge in [-0.05, 0) is 37.1 Å². The zero-order valence-electron chi connectivity index (χ0n) is 11.3. The van der Waals surface area contributed by atoms with Gasteiger partial charge in [-0.25, -0.2) is 4.39 Å². The van der Waals surface area contributed by atoms with E-state index in [2.05, 4.69) is 0 Å². The molecule has 0 bridgehead atoms. The monoisotopic (exact) mass is 260 g/mol. The summed E-state index contributed by atoms with van der Waals surface area (Å²) < 4.78 is 18.3. The molecule has 2 aromatic carbocycles. The smallest absolute Gasteiger partial charge is 0.165 e. The van der Waals surface area contributed by atoms with Crippen LogP contribution in [0, 0.1) is 19.7 Å². The summed E-state index contributed by atoms with van der Waals surface area (Å²) >= 11 is 0. The Morgan fingerprint density at radius 1 is 1.00 bits per heavy atom. The molecule has 0 aliphatic rings. The Morgan fingerprint density at radius 3 is 2.21 bits per heavy atom. The fraction of sp³-hybridized carbons (Fsp3) is 0.250. The lowest BCUT2D eigenvalue weighted by molar-refractivity contribution is 0.219. The van der Waals surface area contributed by atoms with Gasteiger partial charge in [0.1, 0.15) is 6.10 Å². The number of halogens is 1. The van der Waals surface area contributed by atoms with Crippen LogP contribution in [0.5, 0.6) is 5.75 Å². The van der Waals surface area contributed by atoms with Crippen molar-refractivity contribution >= 4 is 0 Å². The lowest BCUT2D eigenvalue weighted by Gasteiger charge is -2.14. The first-order valence-corrected chi connectivity index (χ1v) is 6.11. The summed E-state index contributed by atoms with van der Waals surface area (Å²) in [5.41, 5.74) is 3.58. The van der Waals surface area contributed by atoms with Crippen LogP contribution in [-0.4, -0.2) is 12.2 Å². The molecule has 0 aliphatic heterocycles. The number of aryl methyl sites for hydroxylation is 2. The van der Waals surface area contributed by atoms with E-state index in [0.29, 0.717) is 5.56 Å². The number of aliphatic hydroxyl groups is 1. The van der Waals surface area contributed by atoms with Crippen molar-refractivity contribution in [2.24, 2.45) is 0 Å². The largest absolute Gasteiger partial charge is 0.494 e. The van der Waals surface area contributed by atoms with E-state index in [1.54, 1.807) is 6.07 Å². The molecule has 0 spiro atoms. The van der Waals surface area contributed by atoms with Crippen LogP contribution in [0.2, 0.25) is 0 Å². The summed E-state index contributed by atoms with van der Waals surface area (Å²) in [7, 11) is 1.41. The molecule has 2 aromatic rings. The van der Waals surface area contributed by atoms with Crippen LogP contribution in [0.15, 0.2) is 36.4 Å². The molecule has 0 amide bonds. The van der Waals surface area contributed by atoms with Crippen molar-refractivity contribution in [2.75, 3.05) is 7.11 Å². The number of hydrogen-bond donors (Lipinski definition) is 1. The van der Waals surface area contributed by atoms with Crippen LogP contribution in [0.3, 0.4) is 0 Å². The lowest BCUT2D eigenvalue weighted by Crippen LogP contribution is -2.02. The fourth-order valence-electron chi connectivity index (χ4n) is 2.21. The van der Waals surface area contributed by atoms with Crippen molar-refractivity contribution in [2.45, 2.75) is 20.0 Å². The molecule has 0 heterocycles. The van der Waals surface area contributed by atoms with Crippen molar-refractivity contribution in [1.29, 1.82) is 0 Å². The summed E-state index contributed by atoms with van der Waals surface area (Å²) in [6, 6.07) is 10.3. The van der Waals surface area contributed by atoms with Gasteiger partial charge < -0.3 is 9.84 Å². The van der Waals surface area contributed by atoms with E-state index >= 15 is 0 Å². The van der Waals surface area contributed by atoms with Crippen LogP contribution in [-0.2, 0) is 0 Å². The van der Waals surface area contributed by atoms with Crippen LogP contribution in [0.1, 0.15) is 28.4 Å². The second kappa shape index (κ2) is 5.41. The number of hydrogen-bond acceptors (Lipinski definition) is 2. The summed E-state index contributed by atoms with van der Waals surface area (Å²) in [6.45, 7) is 3.96. The molecule has 100 valence electrons. The highest BCUT2D eigenvalue weighted by molar-refractivity contribution is 5.38. The molecule has 0 aliphatic carbocycles. The van der Waals surface area contributed by atoms with Crippen molar-refractivity contribution in [3.05, 3.63) is 64.5 Å². The van der Waals surface area contributed by atoms with Crippen molar-refractivity contribution < 1.29 is 14.2 Å². The summed E-state index contributed by atoms with van der Waals surface area (Å²) in [5.74, 6) is -0.292. The first-order valence-electron chi connectivity index (χ1n) is 6.11. The number of benzene rings is 2. The zero-order valence-corrected chi connectivity index (χ0v) is 11.3. The van der Waals surface area contributed by atoms with E-state index in [-0.39, 0.29) is 5.75 Å². The van der Waals surface area contributed by atoms with Gasteiger partial charge in [-0.1, -0.05) is 35.4 Å². The third kappa shape index (κ3) is 2.93. The quantitative estimate of drug-likeness (QED) is 0.914. The Balaban J connectivity index is 2.40. The van der Waals surface area contributed by atoms with Crippen LogP contribution < -0.4 is 4.74 Å². The van der Waals surface area contributed by atoms with Gasteiger partial charge in [0.15, 0.2) is 11.6 Å². The molecule has 1 N–H and O–H groups in total. The second-order valence-corrected chi connectivity index (χ2v) is 4.72. The van der Waals surface area contributed by atoms with Gasteiger partial charge in [0.05, 0.1) is 7.11 Å². The van der Waals surface area contributed by atoms with Gasteiger partial charge in [0, 0.05) is 0 Å². The van der Waals surface area contributed by atoms with Gasteiger partial charge in [-0.3, -0.25) is 0 Å². The molecule has 3 heteroatoms. The highest BCUT2D eigenvalue weighted by Crippen LogP contribution is 2.28. The van der Waals surface area contributed by atoms with Gasteiger partial charge in [0.2, 0.25) is 0 Å². The number of ether oxygens (including phenoxy) is 1. The molecule has 1 atom stereocenters. The first kappa shape index (κ1) is 13.6. The highest BCUT2D eigenvalue weighted by Gasteiger charge is 2.14. The van der Waals surface area contributed by atoms with Gasteiger partial charge in [0.25, 0.3) is 0 Å². The van der Waals surface area contributed by atoms with E-state index in [1.165, 1.54) is 19.2 Å². The molecule has 0 saturated heterocycles. The summed E-state index contributed by atoms with van der Waals surface area (Å²) in [5, 5.41) is 10.4. The van der Waals surface area contributed by atoms with Crippen molar-refractivity contribution in [3.63, 3.8) is 0 Å². The van der Waals surface area contributed by atoms with Gasteiger partial charge in [-0.15, -0.1) is 0 Å². The molecule has 2 rings (SSSR count). The molecule has 0 radical (unpaired) electrons. The minimum Gasteiger partial charge on any atom is -0.494 e. The first-order chi connectivity index (χ1) is 9.01. The normalized spacial score (nSPS) is 12.3. The molecule has 0 aromatic heterocycles. The van der Waals surface area contributed by atoms with E-state index in [9.17, 15) is 9.50 Å². The maximum atomic E-state index is 13.4. The molecule has 19 heavy (non-hydrogen) atoms. The molecular formula is C16H17FO2. The number of rotatable bonds is 3. The average molecular weight is 260 g/mol. The SMILES string of the molecule is COc1cc(C(O)c2cc(C)cc(C)c2)ccc1F. The Bertz CT molecular complexity index is 573. The molecular weight excluding hydrogens is 243 g/mol. The summed E-state index contributed by atoms with van der Waals surface area (Å²) in [4.78, 5) is 0.